The van der Waals surface area contributed by atoms with E-state index < -0.39 is 32.8 Å². The minimum absolute atomic E-state index is 0.00547. The van der Waals surface area contributed by atoms with Crippen molar-refractivity contribution in [1.29, 1.82) is 0 Å². The molecule has 0 bridgehead atoms. The fourth-order valence-corrected chi connectivity index (χ4v) is 5.48. The van der Waals surface area contributed by atoms with Gasteiger partial charge in [0, 0.05) is 41.5 Å². The summed E-state index contributed by atoms with van der Waals surface area (Å²) in [4.78, 5) is 10.1. The summed E-state index contributed by atoms with van der Waals surface area (Å²) in [6.07, 6.45) is 2.89. The molecule has 0 radical (unpaired) electrons. The van der Waals surface area contributed by atoms with Crippen molar-refractivity contribution in [3.8, 4) is 22.9 Å². The van der Waals surface area contributed by atoms with Gasteiger partial charge >= 0.3 is 0 Å². The van der Waals surface area contributed by atoms with Crippen LogP contribution in [0.4, 0.5) is 8.78 Å². The van der Waals surface area contributed by atoms with Gasteiger partial charge in [0.05, 0.1) is 11.3 Å². The number of nitrogens with zero attached hydrogens (tertiary/aromatic N) is 1. The molecule has 0 aliphatic heterocycles. The van der Waals surface area contributed by atoms with Gasteiger partial charge in [0.2, 0.25) is 0 Å². The fraction of sp³-hybridized carbons (Fsp3) is 0.179. The Balaban J connectivity index is 1.59. The first-order chi connectivity index (χ1) is 17.9. The average molecular weight is 538 g/mol. The van der Waals surface area contributed by atoms with Gasteiger partial charge in [-0.2, -0.15) is 0 Å². The molecule has 0 spiro atoms. The third-order valence-electron chi connectivity index (χ3n) is 6.08. The standard InChI is InChI=1S/C28H25F2N3O4S/c1-28(2,34)26-23(13-16-7-5-4-6-8-16)32-27(33-26)19-14-17(9-10-20(19)29)37-24-21(30)15-22-18(11-12-31-22)25(24)38(3,35)36/h4-12,14-15,31,34H,13H2,1-3H3,(H,32,33). The van der Waals surface area contributed by atoms with Crippen molar-refractivity contribution < 1.29 is 27.0 Å². The van der Waals surface area contributed by atoms with Crippen LogP contribution in [0.15, 0.2) is 71.8 Å². The van der Waals surface area contributed by atoms with E-state index in [9.17, 15) is 13.5 Å². The van der Waals surface area contributed by atoms with Crippen LogP contribution in [-0.4, -0.2) is 34.7 Å². The summed E-state index contributed by atoms with van der Waals surface area (Å²) < 4.78 is 60.9. The molecule has 0 saturated heterocycles. The molecule has 38 heavy (non-hydrogen) atoms. The average Bonchev–Trinajstić information content (AvgIpc) is 3.47. The highest BCUT2D eigenvalue weighted by molar-refractivity contribution is 7.91. The molecule has 3 aromatic carbocycles. The number of hydrogen-bond acceptors (Lipinski definition) is 5. The highest BCUT2D eigenvalue weighted by Gasteiger charge is 2.27. The normalized spacial score (nSPS) is 12.3. The maximum atomic E-state index is 15.0. The van der Waals surface area contributed by atoms with E-state index >= 15 is 8.78 Å². The second kappa shape index (κ2) is 9.38. The lowest BCUT2D eigenvalue weighted by atomic mass is 10.00. The van der Waals surface area contributed by atoms with E-state index in [1.807, 2.05) is 30.3 Å². The smallest absolute Gasteiger partial charge is 0.182 e. The lowest BCUT2D eigenvalue weighted by Gasteiger charge is -2.16. The molecule has 10 heteroatoms. The van der Waals surface area contributed by atoms with Gasteiger partial charge in [-0.1, -0.05) is 30.3 Å². The van der Waals surface area contributed by atoms with Gasteiger partial charge in [0.25, 0.3) is 0 Å². The second-order valence-electron chi connectivity index (χ2n) is 9.61. The Kier molecular flexibility index (Phi) is 6.32. The van der Waals surface area contributed by atoms with Crippen LogP contribution in [0, 0.1) is 11.6 Å². The highest BCUT2D eigenvalue weighted by atomic mass is 32.2. The van der Waals surface area contributed by atoms with Crippen molar-refractivity contribution in [2.45, 2.75) is 30.8 Å². The van der Waals surface area contributed by atoms with E-state index in [0.29, 0.717) is 23.3 Å². The zero-order chi connectivity index (χ0) is 27.2. The van der Waals surface area contributed by atoms with Crippen LogP contribution in [0.25, 0.3) is 22.3 Å². The van der Waals surface area contributed by atoms with E-state index in [4.69, 9.17) is 4.74 Å². The number of fused-ring (bicyclic) bond motifs is 1. The molecule has 0 unspecified atom stereocenters. The zero-order valence-corrected chi connectivity index (χ0v) is 21.7. The first kappa shape index (κ1) is 25.6. The molecule has 0 aliphatic rings. The molecule has 0 atom stereocenters. The Morgan fingerprint density at radius 1 is 1.03 bits per heavy atom. The number of rotatable bonds is 7. The predicted octanol–water partition coefficient (Wildman–Crippen LogP) is 5.85. The molecule has 0 amide bonds. The molecule has 2 aromatic heterocycles. The number of nitrogens with one attached hydrogen (secondary N) is 2. The molecule has 5 rings (SSSR count). The van der Waals surface area contributed by atoms with Gasteiger partial charge in [-0.3, -0.25) is 0 Å². The third kappa shape index (κ3) is 4.92. The van der Waals surface area contributed by atoms with Crippen LogP contribution in [-0.2, 0) is 21.9 Å². The van der Waals surface area contributed by atoms with Gasteiger partial charge in [-0.25, -0.2) is 22.2 Å². The Morgan fingerprint density at radius 3 is 2.45 bits per heavy atom. The van der Waals surface area contributed by atoms with Crippen LogP contribution >= 0.6 is 0 Å². The van der Waals surface area contributed by atoms with Crippen molar-refractivity contribution in [1.82, 2.24) is 15.0 Å². The lowest BCUT2D eigenvalue weighted by molar-refractivity contribution is 0.0734. The van der Waals surface area contributed by atoms with Crippen molar-refractivity contribution in [2.24, 2.45) is 0 Å². The molecule has 7 nitrogen and oxygen atoms in total. The second-order valence-corrected chi connectivity index (χ2v) is 11.6. The molecule has 196 valence electrons. The van der Waals surface area contributed by atoms with Gasteiger partial charge in [-0.15, -0.1) is 0 Å². The molecular formula is C28H25F2N3O4S. The molecular weight excluding hydrogens is 512 g/mol. The Bertz CT molecular complexity index is 1750. The summed E-state index contributed by atoms with van der Waals surface area (Å²) in [6.45, 7) is 3.17. The number of ether oxygens (including phenoxy) is 1. The van der Waals surface area contributed by atoms with Crippen molar-refractivity contribution in [3.05, 3.63) is 95.4 Å². The third-order valence-corrected chi connectivity index (χ3v) is 7.23. The van der Waals surface area contributed by atoms with E-state index in [2.05, 4.69) is 15.0 Å². The summed E-state index contributed by atoms with van der Waals surface area (Å²) in [5.41, 5.74) is 0.919. The van der Waals surface area contributed by atoms with Gasteiger partial charge in [0.1, 0.15) is 27.9 Å². The van der Waals surface area contributed by atoms with Gasteiger partial charge < -0.3 is 19.8 Å². The number of aliphatic hydroxyl groups is 1. The highest BCUT2D eigenvalue weighted by Crippen LogP contribution is 2.39. The number of imidazole rings is 1. The maximum Gasteiger partial charge on any atom is 0.182 e. The quantitative estimate of drug-likeness (QED) is 0.241. The number of benzene rings is 3. The number of hydrogen-bond donors (Lipinski definition) is 3. The van der Waals surface area contributed by atoms with Crippen LogP contribution < -0.4 is 4.74 Å². The SMILES string of the molecule is CC(C)(O)c1nc(-c2cc(Oc3c(F)cc4[nH]ccc4c3S(C)(=O)=O)ccc2F)[nH]c1Cc1ccccc1. The van der Waals surface area contributed by atoms with Crippen LogP contribution in [0.1, 0.15) is 30.8 Å². The van der Waals surface area contributed by atoms with Crippen molar-refractivity contribution >= 4 is 20.7 Å². The Labute approximate surface area is 218 Å². The maximum absolute atomic E-state index is 15.0. The Hall–Kier alpha value is -4.02. The number of H-pyrrole nitrogens is 2. The number of sulfone groups is 1. The number of aromatic nitrogens is 3. The molecule has 0 fully saturated rings. The summed E-state index contributed by atoms with van der Waals surface area (Å²) in [7, 11) is -3.90. The fourth-order valence-electron chi connectivity index (χ4n) is 4.42. The summed E-state index contributed by atoms with van der Waals surface area (Å²) in [5.74, 6) is -1.87. The molecule has 5 aromatic rings. The first-order valence-corrected chi connectivity index (χ1v) is 13.6. The van der Waals surface area contributed by atoms with Crippen LogP contribution in [0.5, 0.6) is 11.5 Å². The minimum atomic E-state index is -3.90. The molecule has 2 heterocycles. The topological polar surface area (TPSA) is 108 Å². The summed E-state index contributed by atoms with van der Waals surface area (Å²) in [6, 6.07) is 15.9. The molecule has 3 N–H and O–H groups in total. The Morgan fingerprint density at radius 2 is 1.76 bits per heavy atom. The van der Waals surface area contributed by atoms with E-state index in [1.54, 1.807) is 13.8 Å². The van der Waals surface area contributed by atoms with Crippen molar-refractivity contribution in [3.63, 3.8) is 0 Å². The zero-order valence-electron chi connectivity index (χ0n) is 20.8. The van der Waals surface area contributed by atoms with E-state index in [-0.39, 0.29) is 27.4 Å². The monoisotopic (exact) mass is 537 g/mol. The van der Waals surface area contributed by atoms with E-state index in [1.165, 1.54) is 24.4 Å². The van der Waals surface area contributed by atoms with Gasteiger partial charge in [-0.05, 0) is 43.7 Å². The first-order valence-electron chi connectivity index (χ1n) is 11.7. The molecule has 0 aliphatic carbocycles. The predicted molar refractivity (Wildman–Crippen MR) is 140 cm³/mol. The van der Waals surface area contributed by atoms with Crippen LogP contribution in [0.2, 0.25) is 0 Å². The van der Waals surface area contributed by atoms with Gasteiger partial charge in [0.15, 0.2) is 21.4 Å². The number of aromatic amines is 2. The minimum Gasteiger partial charge on any atom is -0.453 e. The lowest BCUT2D eigenvalue weighted by Crippen LogP contribution is -2.18. The van der Waals surface area contributed by atoms with Crippen molar-refractivity contribution in [2.75, 3.05) is 6.26 Å². The van der Waals surface area contributed by atoms with Crippen LogP contribution in [0.3, 0.4) is 0 Å². The number of halogens is 2. The summed E-state index contributed by atoms with van der Waals surface area (Å²) in [5, 5.41) is 11.0. The largest absolute Gasteiger partial charge is 0.453 e. The molecule has 0 saturated carbocycles. The summed E-state index contributed by atoms with van der Waals surface area (Å²) >= 11 is 0. The van der Waals surface area contributed by atoms with E-state index in [0.717, 1.165) is 24.0 Å².